The van der Waals surface area contributed by atoms with Crippen LogP contribution in [0, 0.1) is 5.92 Å². The summed E-state index contributed by atoms with van der Waals surface area (Å²) >= 11 is 0. The maximum Gasteiger partial charge on any atom is 0.0802 e. The van der Waals surface area contributed by atoms with Gasteiger partial charge in [0.1, 0.15) is 0 Å². The molecule has 88 valence electrons. The lowest BCUT2D eigenvalue weighted by Gasteiger charge is -2.09. The van der Waals surface area contributed by atoms with Crippen LogP contribution in [0.1, 0.15) is 18.4 Å². The number of aliphatic hydroxyl groups excluding tert-OH is 2. The highest BCUT2D eigenvalue weighted by Gasteiger charge is 2.31. The topological polar surface area (TPSA) is 49.7 Å². The van der Waals surface area contributed by atoms with Gasteiger partial charge < -0.3 is 14.9 Å². The second-order valence-electron chi connectivity index (χ2n) is 4.47. The van der Waals surface area contributed by atoms with E-state index in [0.717, 1.165) is 5.56 Å². The molecule has 1 aliphatic carbocycles. The molecule has 2 N–H and O–H groups in total. The quantitative estimate of drug-likeness (QED) is 0.808. The molecule has 3 heteroatoms. The van der Waals surface area contributed by atoms with Gasteiger partial charge >= 0.3 is 0 Å². The minimum Gasteiger partial charge on any atom is -0.390 e. The van der Waals surface area contributed by atoms with Gasteiger partial charge in [0.2, 0.25) is 0 Å². The molecule has 1 aromatic carbocycles. The summed E-state index contributed by atoms with van der Waals surface area (Å²) in [6, 6.07) is 10.0. The number of hydrogen-bond acceptors (Lipinski definition) is 3. The van der Waals surface area contributed by atoms with Crippen LogP contribution in [0.4, 0.5) is 0 Å². The number of hydrogen-bond donors (Lipinski definition) is 2. The number of ether oxygens (including phenoxy) is 1. The predicted octanol–water partition coefficient (Wildman–Crippen LogP) is 1.33. The Labute approximate surface area is 95.7 Å². The summed E-state index contributed by atoms with van der Waals surface area (Å²) < 4.78 is 5.58. The third-order valence-corrected chi connectivity index (χ3v) is 3.06. The monoisotopic (exact) mass is 222 g/mol. The standard InChI is InChI=1S/C13H18O3/c14-12-6-11(7-13(12)15)9-16-8-10-4-2-1-3-5-10/h1-5,11-15H,6-9H2. The molecule has 2 rings (SSSR count). The second-order valence-corrected chi connectivity index (χ2v) is 4.47. The Balaban J connectivity index is 1.69. The van der Waals surface area contributed by atoms with Gasteiger partial charge in [-0.05, 0) is 24.3 Å². The summed E-state index contributed by atoms with van der Waals surface area (Å²) in [6.07, 6.45) is 0.169. The average Bonchev–Trinajstić information content (AvgIpc) is 2.60. The van der Waals surface area contributed by atoms with E-state index >= 15 is 0 Å². The molecule has 0 bridgehead atoms. The first-order valence-electron chi connectivity index (χ1n) is 5.73. The Kier molecular flexibility index (Phi) is 3.93. The third kappa shape index (κ3) is 3.04. The molecule has 2 atom stereocenters. The number of rotatable bonds is 4. The first-order chi connectivity index (χ1) is 7.75. The summed E-state index contributed by atoms with van der Waals surface area (Å²) in [5, 5.41) is 18.8. The first kappa shape index (κ1) is 11.6. The van der Waals surface area contributed by atoms with E-state index in [-0.39, 0.29) is 5.92 Å². The van der Waals surface area contributed by atoms with Crippen molar-refractivity contribution in [3.8, 4) is 0 Å². The lowest BCUT2D eigenvalue weighted by Crippen LogP contribution is -2.17. The van der Waals surface area contributed by atoms with Crippen LogP contribution in [-0.2, 0) is 11.3 Å². The van der Waals surface area contributed by atoms with Crippen molar-refractivity contribution in [3.05, 3.63) is 35.9 Å². The summed E-state index contributed by atoms with van der Waals surface area (Å²) in [5.41, 5.74) is 1.15. The zero-order chi connectivity index (χ0) is 11.4. The molecule has 0 heterocycles. The van der Waals surface area contributed by atoms with Gasteiger partial charge in [-0.2, -0.15) is 0 Å². The Hall–Kier alpha value is -0.900. The van der Waals surface area contributed by atoms with Gasteiger partial charge in [-0.15, -0.1) is 0 Å². The third-order valence-electron chi connectivity index (χ3n) is 3.06. The van der Waals surface area contributed by atoms with Gasteiger partial charge in [-0.1, -0.05) is 30.3 Å². The SMILES string of the molecule is OC1CC(COCc2ccccc2)CC1O. The summed E-state index contributed by atoms with van der Waals surface area (Å²) in [6.45, 7) is 1.21. The van der Waals surface area contributed by atoms with E-state index in [0.29, 0.717) is 26.1 Å². The first-order valence-corrected chi connectivity index (χ1v) is 5.73. The molecule has 0 spiro atoms. The zero-order valence-electron chi connectivity index (χ0n) is 9.25. The summed E-state index contributed by atoms with van der Waals surface area (Å²) in [4.78, 5) is 0. The van der Waals surface area contributed by atoms with Crippen molar-refractivity contribution >= 4 is 0 Å². The molecule has 16 heavy (non-hydrogen) atoms. The maximum absolute atomic E-state index is 9.38. The molecule has 0 amide bonds. The highest BCUT2D eigenvalue weighted by Crippen LogP contribution is 2.26. The molecule has 0 saturated heterocycles. The Morgan fingerprint density at radius 2 is 1.69 bits per heavy atom. The largest absolute Gasteiger partial charge is 0.390 e. The van der Waals surface area contributed by atoms with Crippen molar-refractivity contribution in [1.29, 1.82) is 0 Å². The lowest BCUT2D eigenvalue weighted by atomic mass is 10.1. The van der Waals surface area contributed by atoms with Crippen LogP contribution in [0.3, 0.4) is 0 Å². The van der Waals surface area contributed by atoms with E-state index in [1.807, 2.05) is 30.3 Å². The van der Waals surface area contributed by atoms with Crippen molar-refractivity contribution in [2.75, 3.05) is 6.61 Å². The van der Waals surface area contributed by atoms with Gasteiger partial charge in [0, 0.05) is 0 Å². The van der Waals surface area contributed by atoms with E-state index in [9.17, 15) is 10.2 Å². The van der Waals surface area contributed by atoms with Crippen molar-refractivity contribution in [1.82, 2.24) is 0 Å². The van der Waals surface area contributed by atoms with Crippen LogP contribution in [0.15, 0.2) is 30.3 Å². The average molecular weight is 222 g/mol. The van der Waals surface area contributed by atoms with Crippen molar-refractivity contribution in [2.24, 2.45) is 5.92 Å². The van der Waals surface area contributed by atoms with E-state index in [1.165, 1.54) is 0 Å². The fraction of sp³-hybridized carbons (Fsp3) is 0.538. The number of benzene rings is 1. The minimum atomic E-state index is -0.565. The molecule has 2 unspecified atom stereocenters. The van der Waals surface area contributed by atoms with Crippen LogP contribution in [0.5, 0.6) is 0 Å². The summed E-state index contributed by atoms with van der Waals surface area (Å²) in [5.74, 6) is 0.286. The van der Waals surface area contributed by atoms with E-state index in [1.54, 1.807) is 0 Å². The Morgan fingerprint density at radius 3 is 2.31 bits per heavy atom. The Morgan fingerprint density at radius 1 is 1.06 bits per heavy atom. The van der Waals surface area contributed by atoms with Crippen LogP contribution < -0.4 is 0 Å². The molecule has 3 nitrogen and oxygen atoms in total. The zero-order valence-corrected chi connectivity index (χ0v) is 9.25. The molecule has 0 aromatic heterocycles. The van der Waals surface area contributed by atoms with Crippen LogP contribution >= 0.6 is 0 Å². The summed E-state index contributed by atoms with van der Waals surface area (Å²) in [7, 11) is 0. The van der Waals surface area contributed by atoms with Gasteiger partial charge in [-0.25, -0.2) is 0 Å². The van der Waals surface area contributed by atoms with Gasteiger partial charge in [0.15, 0.2) is 0 Å². The molecular weight excluding hydrogens is 204 g/mol. The van der Waals surface area contributed by atoms with Gasteiger partial charge in [0.25, 0.3) is 0 Å². The fourth-order valence-corrected chi connectivity index (χ4v) is 2.15. The fourth-order valence-electron chi connectivity index (χ4n) is 2.15. The Bertz CT molecular complexity index is 302. The lowest BCUT2D eigenvalue weighted by molar-refractivity contribution is 0.0438. The van der Waals surface area contributed by atoms with Gasteiger partial charge in [-0.3, -0.25) is 0 Å². The molecule has 1 fully saturated rings. The van der Waals surface area contributed by atoms with Crippen LogP contribution in [0.2, 0.25) is 0 Å². The minimum absolute atomic E-state index is 0.286. The molecule has 1 aliphatic rings. The molecule has 0 aliphatic heterocycles. The predicted molar refractivity (Wildman–Crippen MR) is 60.8 cm³/mol. The molecule has 1 saturated carbocycles. The molecule has 0 radical (unpaired) electrons. The van der Waals surface area contributed by atoms with Crippen LogP contribution in [0.25, 0.3) is 0 Å². The van der Waals surface area contributed by atoms with Crippen molar-refractivity contribution < 1.29 is 14.9 Å². The highest BCUT2D eigenvalue weighted by atomic mass is 16.5. The maximum atomic E-state index is 9.38. The van der Waals surface area contributed by atoms with Crippen LogP contribution in [-0.4, -0.2) is 29.0 Å². The van der Waals surface area contributed by atoms with Crippen molar-refractivity contribution in [3.63, 3.8) is 0 Å². The van der Waals surface area contributed by atoms with Crippen molar-refractivity contribution in [2.45, 2.75) is 31.7 Å². The molecule has 1 aromatic rings. The normalized spacial score (nSPS) is 29.5. The van der Waals surface area contributed by atoms with E-state index < -0.39 is 12.2 Å². The van der Waals surface area contributed by atoms with Gasteiger partial charge in [0.05, 0.1) is 25.4 Å². The second kappa shape index (κ2) is 5.43. The van der Waals surface area contributed by atoms with E-state index in [2.05, 4.69) is 0 Å². The molecular formula is C13H18O3. The number of aliphatic hydroxyl groups is 2. The van der Waals surface area contributed by atoms with E-state index in [4.69, 9.17) is 4.74 Å². The smallest absolute Gasteiger partial charge is 0.0802 e. The highest BCUT2D eigenvalue weighted by molar-refractivity contribution is 5.13.